The summed E-state index contributed by atoms with van der Waals surface area (Å²) < 4.78 is 5.18. The maximum atomic E-state index is 12.6. The van der Waals surface area contributed by atoms with Crippen LogP contribution in [0.25, 0.3) is 0 Å². The van der Waals surface area contributed by atoms with Gasteiger partial charge in [-0.2, -0.15) is 0 Å². The third-order valence-corrected chi connectivity index (χ3v) is 6.05. The Labute approximate surface area is 172 Å². The Morgan fingerprint density at radius 1 is 1.14 bits per heavy atom. The van der Waals surface area contributed by atoms with Crippen molar-refractivity contribution in [2.45, 2.75) is 23.6 Å². The van der Waals surface area contributed by atoms with Gasteiger partial charge in [-0.3, -0.25) is 9.69 Å². The topological polar surface area (TPSA) is 44.8 Å². The van der Waals surface area contributed by atoms with Crippen molar-refractivity contribution >= 4 is 23.4 Å². The third-order valence-electron chi connectivity index (χ3n) is 4.94. The summed E-state index contributed by atoms with van der Waals surface area (Å²) in [5.74, 6) is 0.830. The van der Waals surface area contributed by atoms with Crippen molar-refractivity contribution < 1.29 is 9.53 Å². The molecule has 1 aliphatic heterocycles. The minimum Gasteiger partial charge on any atom is -0.497 e. The second kappa shape index (κ2) is 9.96. The van der Waals surface area contributed by atoms with Crippen LogP contribution < -0.4 is 10.1 Å². The van der Waals surface area contributed by atoms with Crippen molar-refractivity contribution in [1.82, 2.24) is 9.80 Å². The standard InChI is InChI=1S/C22H29N3O2S/c1-17(28-21-9-7-20(27-3)8-10-21)22(26)23-19-6-4-5-18(15-19)16-25-13-11-24(2)12-14-25/h4-10,15,17H,11-14,16H2,1-3H3,(H,23,26). The van der Waals surface area contributed by atoms with E-state index >= 15 is 0 Å². The Kier molecular flexibility index (Phi) is 7.36. The minimum atomic E-state index is -0.185. The van der Waals surface area contributed by atoms with Gasteiger partial charge in [0.15, 0.2) is 0 Å². The van der Waals surface area contributed by atoms with Crippen molar-refractivity contribution in [3.8, 4) is 5.75 Å². The molecular weight excluding hydrogens is 370 g/mol. The number of benzene rings is 2. The third kappa shape index (κ3) is 5.99. The van der Waals surface area contributed by atoms with Crippen molar-refractivity contribution in [1.29, 1.82) is 0 Å². The van der Waals surface area contributed by atoms with E-state index in [0.29, 0.717) is 0 Å². The zero-order valence-electron chi connectivity index (χ0n) is 16.9. The lowest BCUT2D eigenvalue weighted by molar-refractivity contribution is -0.115. The fraction of sp³-hybridized carbons (Fsp3) is 0.409. The van der Waals surface area contributed by atoms with Gasteiger partial charge in [0.05, 0.1) is 12.4 Å². The van der Waals surface area contributed by atoms with Gasteiger partial charge in [0.25, 0.3) is 0 Å². The molecule has 3 rings (SSSR count). The Balaban J connectivity index is 1.54. The molecule has 1 amide bonds. The molecule has 28 heavy (non-hydrogen) atoms. The molecule has 1 fully saturated rings. The van der Waals surface area contributed by atoms with E-state index in [0.717, 1.165) is 49.1 Å². The number of amides is 1. The summed E-state index contributed by atoms with van der Waals surface area (Å²) >= 11 is 1.54. The zero-order valence-corrected chi connectivity index (χ0v) is 17.7. The maximum absolute atomic E-state index is 12.6. The monoisotopic (exact) mass is 399 g/mol. The highest BCUT2D eigenvalue weighted by molar-refractivity contribution is 8.00. The molecule has 150 valence electrons. The summed E-state index contributed by atoms with van der Waals surface area (Å²) in [6.45, 7) is 7.24. The molecule has 2 aromatic rings. The summed E-state index contributed by atoms with van der Waals surface area (Å²) in [4.78, 5) is 18.5. The van der Waals surface area contributed by atoms with E-state index in [-0.39, 0.29) is 11.2 Å². The van der Waals surface area contributed by atoms with Crippen LogP contribution in [0.15, 0.2) is 53.4 Å². The van der Waals surface area contributed by atoms with E-state index < -0.39 is 0 Å². The Morgan fingerprint density at radius 2 is 1.86 bits per heavy atom. The van der Waals surface area contributed by atoms with Crippen LogP contribution in [0.2, 0.25) is 0 Å². The van der Waals surface area contributed by atoms with Gasteiger partial charge in [-0.15, -0.1) is 11.8 Å². The predicted molar refractivity (Wildman–Crippen MR) is 116 cm³/mol. The molecule has 5 nitrogen and oxygen atoms in total. The number of carbonyl (C=O) groups is 1. The number of hydrogen-bond donors (Lipinski definition) is 1. The van der Waals surface area contributed by atoms with Gasteiger partial charge in [0, 0.05) is 43.3 Å². The molecule has 1 aliphatic rings. The molecule has 0 radical (unpaired) electrons. The highest BCUT2D eigenvalue weighted by Gasteiger charge is 2.16. The number of carbonyl (C=O) groups excluding carboxylic acids is 1. The average molecular weight is 400 g/mol. The van der Waals surface area contributed by atoms with E-state index in [1.54, 1.807) is 18.9 Å². The second-order valence-corrected chi connectivity index (χ2v) is 8.62. The van der Waals surface area contributed by atoms with Gasteiger partial charge in [0.1, 0.15) is 5.75 Å². The number of nitrogens with zero attached hydrogens (tertiary/aromatic N) is 2. The van der Waals surface area contributed by atoms with Gasteiger partial charge in [-0.1, -0.05) is 12.1 Å². The number of nitrogens with one attached hydrogen (secondary N) is 1. The number of rotatable bonds is 7. The number of ether oxygens (including phenoxy) is 1. The summed E-state index contributed by atoms with van der Waals surface area (Å²) in [6.07, 6.45) is 0. The van der Waals surface area contributed by atoms with Crippen LogP contribution in [0.5, 0.6) is 5.75 Å². The van der Waals surface area contributed by atoms with Gasteiger partial charge in [-0.05, 0) is 55.9 Å². The van der Waals surface area contributed by atoms with Crippen molar-refractivity contribution in [3.63, 3.8) is 0 Å². The summed E-state index contributed by atoms with van der Waals surface area (Å²) in [5, 5.41) is 2.87. The van der Waals surface area contributed by atoms with Crippen LogP contribution in [-0.4, -0.2) is 61.3 Å². The zero-order chi connectivity index (χ0) is 19.9. The number of methoxy groups -OCH3 is 1. The summed E-state index contributed by atoms with van der Waals surface area (Å²) in [7, 11) is 3.81. The lowest BCUT2D eigenvalue weighted by atomic mass is 10.1. The molecule has 1 saturated heterocycles. The number of anilines is 1. The predicted octanol–water partition coefficient (Wildman–Crippen LogP) is 3.56. The minimum absolute atomic E-state index is 0.0116. The molecule has 1 unspecified atom stereocenters. The van der Waals surface area contributed by atoms with Gasteiger partial charge in [0.2, 0.25) is 5.91 Å². The molecule has 1 atom stereocenters. The normalized spacial score (nSPS) is 16.5. The van der Waals surface area contributed by atoms with Crippen LogP contribution >= 0.6 is 11.8 Å². The first-order valence-corrected chi connectivity index (χ1v) is 10.5. The Morgan fingerprint density at radius 3 is 2.54 bits per heavy atom. The Hall–Kier alpha value is -2.02. The van der Waals surface area contributed by atoms with Crippen molar-refractivity contribution in [2.24, 2.45) is 0 Å². The molecule has 0 spiro atoms. The summed E-state index contributed by atoms with van der Waals surface area (Å²) in [5.41, 5.74) is 2.09. The fourth-order valence-corrected chi connectivity index (χ4v) is 4.03. The number of thioether (sulfide) groups is 1. The molecule has 2 aromatic carbocycles. The van der Waals surface area contributed by atoms with Crippen molar-refractivity contribution in [3.05, 3.63) is 54.1 Å². The SMILES string of the molecule is COc1ccc(SC(C)C(=O)Nc2cccc(CN3CCN(C)CC3)c2)cc1. The molecular formula is C22H29N3O2S. The molecule has 0 bridgehead atoms. The molecule has 1 heterocycles. The van der Waals surface area contributed by atoms with Crippen LogP contribution in [0.3, 0.4) is 0 Å². The first-order chi connectivity index (χ1) is 13.5. The smallest absolute Gasteiger partial charge is 0.237 e. The quantitative estimate of drug-likeness (QED) is 0.721. The maximum Gasteiger partial charge on any atom is 0.237 e. The molecule has 1 N–H and O–H groups in total. The summed E-state index contributed by atoms with van der Waals surface area (Å²) in [6, 6.07) is 16.0. The Bertz CT molecular complexity index is 774. The van der Waals surface area contributed by atoms with Crippen LogP contribution in [0.1, 0.15) is 12.5 Å². The number of piperazine rings is 1. The molecule has 0 aromatic heterocycles. The van der Waals surface area contributed by atoms with Crippen LogP contribution in [0, 0.1) is 0 Å². The largest absolute Gasteiger partial charge is 0.497 e. The first kappa shape index (κ1) is 20.7. The highest BCUT2D eigenvalue weighted by atomic mass is 32.2. The van der Waals surface area contributed by atoms with E-state index in [1.807, 2.05) is 43.3 Å². The van der Waals surface area contributed by atoms with Gasteiger partial charge >= 0.3 is 0 Å². The number of hydrogen-bond acceptors (Lipinski definition) is 5. The van der Waals surface area contributed by atoms with Crippen LogP contribution in [0.4, 0.5) is 5.69 Å². The lowest BCUT2D eigenvalue weighted by Gasteiger charge is -2.32. The van der Waals surface area contributed by atoms with Crippen molar-refractivity contribution in [2.75, 3.05) is 45.7 Å². The lowest BCUT2D eigenvalue weighted by Crippen LogP contribution is -2.43. The van der Waals surface area contributed by atoms with E-state index in [1.165, 1.54) is 5.56 Å². The van der Waals surface area contributed by atoms with E-state index in [4.69, 9.17) is 4.74 Å². The second-order valence-electron chi connectivity index (χ2n) is 7.20. The van der Waals surface area contributed by atoms with E-state index in [2.05, 4.69) is 34.3 Å². The molecule has 6 heteroatoms. The molecule has 0 saturated carbocycles. The first-order valence-electron chi connectivity index (χ1n) is 9.65. The van der Waals surface area contributed by atoms with Gasteiger partial charge < -0.3 is 15.0 Å². The van der Waals surface area contributed by atoms with Crippen LogP contribution in [-0.2, 0) is 11.3 Å². The highest BCUT2D eigenvalue weighted by Crippen LogP contribution is 2.26. The van der Waals surface area contributed by atoms with E-state index in [9.17, 15) is 4.79 Å². The fourth-order valence-electron chi connectivity index (χ4n) is 3.17. The van der Waals surface area contributed by atoms with Gasteiger partial charge in [-0.25, -0.2) is 0 Å². The average Bonchev–Trinajstić information content (AvgIpc) is 2.70. The molecule has 0 aliphatic carbocycles. The number of likely N-dealkylation sites (N-methyl/N-ethyl adjacent to an activating group) is 1.